The Hall–Kier alpha value is -0.610. The van der Waals surface area contributed by atoms with E-state index in [4.69, 9.17) is 5.73 Å². The predicted octanol–water partition coefficient (Wildman–Crippen LogP) is 2.38. The van der Waals surface area contributed by atoms with Gasteiger partial charge in [-0.2, -0.15) is 0 Å². The second-order valence-corrected chi connectivity index (χ2v) is 7.36. The molecule has 124 valence electrons. The van der Waals surface area contributed by atoms with Gasteiger partial charge < -0.3 is 16.0 Å². The van der Waals surface area contributed by atoms with Crippen molar-refractivity contribution in [3.63, 3.8) is 0 Å². The van der Waals surface area contributed by atoms with Crippen LogP contribution in [0.5, 0.6) is 0 Å². The minimum Gasteiger partial charge on any atom is -0.354 e. The maximum atomic E-state index is 12.7. The Morgan fingerprint density at radius 3 is 2.19 bits per heavy atom. The van der Waals surface area contributed by atoms with E-state index in [-0.39, 0.29) is 11.3 Å². The third kappa shape index (κ3) is 5.59. The molecule has 4 heteroatoms. The number of nitrogens with zero attached hydrogens (tertiary/aromatic N) is 1. The minimum atomic E-state index is -0.314. The zero-order valence-electron chi connectivity index (χ0n) is 14.5. The van der Waals surface area contributed by atoms with E-state index in [1.54, 1.807) is 0 Å². The van der Waals surface area contributed by atoms with Gasteiger partial charge in [0.15, 0.2) is 0 Å². The summed E-state index contributed by atoms with van der Waals surface area (Å²) in [5.41, 5.74) is 5.67. The Balaban J connectivity index is 2.60. The molecule has 0 spiro atoms. The molecule has 1 aliphatic carbocycles. The van der Waals surface area contributed by atoms with Gasteiger partial charge in [0.1, 0.15) is 0 Å². The summed E-state index contributed by atoms with van der Waals surface area (Å²) >= 11 is 0. The summed E-state index contributed by atoms with van der Waals surface area (Å²) in [4.78, 5) is 14.9. The van der Waals surface area contributed by atoms with E-state index in [0.29, 0.717) is 18.5 Å². The molecule has 1 aliphatic rings. The van der Waals surface area contributed by atoms with Crippen molar-refractivity contribution in [1.82, 2.24) is 10.2 Å². The summed E-state index contributed by atoms with van der Waals surface area (Å²) in [5, 5.41) is 3.20. The average molecular weight is 297 g/mol. The van der Waals surface area contributed by atoms with Gasteiger partial charge in [-0.15, -0.1) is 0 Å². The molecule has 0 bridgehead atoms. The Labute approximate surface area is 130 Å². The Morgan fingerprint density at radius 1 is 1.19 bits per heavy atom. The topological polar surface area (TPSA) is 58.4 Å². The van der Waals surface area contributed by atoms with Crippen LogP contribution in [0.4, 0.5) is 0 Å². The van der Waals surface area contributed by atoms with E-state index >= 15 is 0 Å². The van der Waals surface area contributed by atoms with Crippen molar-refractivity contribution in [1.29, 1.82) is 0 Å². The first-order valence-electron chi connectivity index (χ1n) is 8.56. The van der Waals surface area contributed by atoms with Gasteiger partial charge in [0.05, 0.1) is 5.41 Å². The highest BCUT2D eigenvalue weighted by molar-refractivity contribution is 5.83. The third-order valence-corrected chi connectivity index (χ3v) is 4.91. The van der Waals surface area contributed by atoms with Crippen molar-refractivity contribution in [2.75, 3.05) is 27.2 Å². The monoisotopic (exact) mass is 297 g/mol. The Kier molecular flexibility index (Phi) is 7.67. The molecule has 1 fully saturated rings. The van der Waals surface area contributed by atoms with Crippen molar-refractivity contribution < 1.29 is 4.79 Å². The summed E-state index contributed by atoms with van der Waals surface area (Å²) < 4.78 is 0. The fourth-order valence-corrected chi connectivity index (χ4v) is 3.35. The maximum absolute atomic E-state index is 12.7. The van der Waals surface area contributed by atoms with Crippen LogP contribution in [0.3, 0.4) is 0 Å². The van der Waals surface area contributed by atoms with Crippen LogP contribution in [-0.4, -0.2) is 44.0 Å². The highest BCUT2D eigenvalue weighted by atomic mass is 16.2. The molecule has 1 amide bonds. The first kappa shape index (κ1) is 18.4. The zero-order valence-corrected chi connectivity index (χ0v) is 14.5. The standard InChI is InChI=1S/C17H35N3O/c1-14(2)11-15(20(3)4)12-19-16(21)17(13-18)9-7-5-6-8-10-17/h14-15H,5-13,18H2,1-4H3,(H,19,21). The molecule has 0 aromatic carbocycles. The van der Waals surface area contributed by atoms with Crippen molar-refractivity contribution in [3.05, 3.63) is 0 Å². The van der Waals surface area contributed by atoms with Crippen molar-refractivity contribution >= 4 is 5.91 Å². The van der Waals surface area contributed by atoms with Crippen LogP contribution in [0.15, 0.2) is 0 Å². The fraction of sp³-hybridized carbons (Fsp3) is 0.941. The number of nitrogens with two attached hydrogens (primary N) is 1. The molecule has 4 nitrogen and oxygen atoms in total. The molecule has 0 radical (unpaired) electrons. The Morgan fingerprint density at radius 2 is 1.76 bits per heavy atom. The highest BCUT2D eigenvalue weighted by Crippen LogP contribution is 2.34. The van der Waals surface area contributed by atoms with Gasteiger partial charge >= 0.3 is 0 Å². The van der Waals surface area contributed by atoms with Crippen LogP contribution < -0.4 is 11.1 Å². The molecule has 0 aliphatic heterocycles. The summed E-state index contributed by atoms with van der Waals surface area (Å²) in [6.45, 7) is 5.66. The molecule has 1 unspecified atom stereocenters. The lowest BCUT2D eigenvalue weighted by molar-refractivity contribution is -0.131. The van der Waals surface area contributed by atoms with Gasteiger partial charge in [0, 0.05) is 19.1 Å². The summed E-state index contributed by atoms with van der Waals surface area (Å²) in [5.74, 6) is 0.818. The van der Waals surface area contributed by atoms with E-state index in [1.165, 1.54) is 12.8 Å². The molecule has 0 saturated heterocycles. The number of likely N-dealkylation sites (N-methyl/N-ethyl adjacent to an activating group) is 1. The zero-order chi connectivity index (χ0) is 15.9. The van der Waals surface area contributed by atoms with Gasteiger partial charge in [-0.05, 0) is 39.3 Å². The van der Waals surface area contributed by atoms with Crippen LogP contribution >= 0.6 is 0 Å². The van der Waals surface area contributed by atoms with Crippen LogP contribution in [0.2, 0.25) is 0 Å². The quantitative estimate of drug-likeness (QED) is 0.709. The summed E-state index contributed by atoms with van der Waals surface area (Å²) in [6.07, 6.45) is 7.74. The molecular formula is C17H35N3O. The molecule has 0 aromatic heterocycles. The first-order chi connectivity index (χ1) is 9.91. The molecular weight excluding hydrogens is 262 g/mol. The number of carbonyl (C=O) groups excluding carboxylic acids is 1. The number of nitrogens with one attached hydrogen (secondary N) is 1. The Bertz CT molecular complexity index is 307. The summed E-state index contributed by atoms with van der Waals surface area (Å²) in [6, 6.07) is 0.398. The minimum absolute atomic E-state index is 0.183. The lowest BCUT2D eigenvalue weighted by atomic mass is 9.79. The SMILES string of the molecule is CC(C)CC(CNC(=O)C1(CN)CCCCCC1)N(C)C. The van der Waals surface area contributed by atoms with Crippen molar-refractivity contribution in [3.8, 4) is 0 Å². The normalized spacial score (nSPS) is 20.3. The smallest absolute Gasteiger partial charge is 0.227 e. The molecule has 21 heavy (non-hydrogen) atoms. The van der Waals surface area contributed by atoms with Gasteiger partial charge in [-0.1, -0.05) is 39.5 Å². The van der Waals surface area contributed by atoms with Gasteiger partial charge in [-0.3, -0.25) is 4.79 Å². The molecule has 0 heterocycles. The average Bonchev–Trinajstić information content (AvgIpc) is 2.68. The van der Waals surface area contributed by atoms with Gasteiger partial charge in [0.2, 0.25) is 5.91 Å². The second kappa shape index (κ2) is 8.74. The maximum Gasteiger partial charge on any atom is 0.227 e. The van der Waals surface area contributed by atoms with Gasteiger partial charge in [-0.25, -0.2) is 0 Å². The fourth-order valence-electron chi connectivity index (χ4n) is 3.35. The molecule has 0 aromatic rings. The lowest BCUT2D eigenvalue weighted by Gasteiger charge is -2.32. The lowest BCUT2D eigenvalue weighted by Crippen LogP contribution is -2.49. The number of hydrogen-bond donors (Lipinski definition) is 2. The van der Waals surface area contributed by atoms with E-state index in [2.05, 4.69) is 38.2 Å². The van der Waals surface area contributed by atoms with E-state index < -0.39 is 0 Å². The largest absolute Gasteiger partial charge is 0.354 e. The van der Waals surface area contributed by atoms with Crippen LogP contribution in [0.1, 0.15) is 58.8 Å². The second-order valence-electron chi connectivity index (χ2n) is 7.36. The molecule has 1 rings (SSSR count). The van der Waals surface area contributed by atoms with Crippen molar-refractivity contribution in [2.45, 2.75) is 64.8 Å². The van der Waals surface area contributed by atoms with Crippen LogP contribution in [0.25, 0.3) is 0 Å². The highest BCUT2D eigenvalue weighted by Gasteiger charge is 2.37. The molecule has 1 saturated carbocycles. The predicted molar refractivity (Wildman–Crippen MR) is 89.1 cm³/mol. The number of amides is 1. The van der Waals surface area contributed by atoms with E-state index in [0.717, 1.165) is 38.6 Å². The van der Waals surface area contributed by atoms with Crippen molar-refractivity contribution in [2.24, 2.45) is 17.1 Å². The summed E-state index contributed by atoms with van der Waals surface area (Å²) in [7, 11) is 4.17. The molecule has 3 N–H and O–H groups in total. The van der Waals surface area contributed by atoms with Crippen LogP contribution in [0, 0.1) is 11.3 Å². The number of rotatable bonds is 7. The van der Waals surface area contributed by atoms with E-state index in [9.17, 15) is 4.79 Å². The van der Waals surface area contributed by atoms with Crippen LogP contribution in [-0.2, 0) is 4.79 Å². The first-order valence-corrected chi connectivity index (χ1v) is 8.56. The number of carbonyl (C=O) groups is 1. The van der Waals surface area contributed by atoms with Gasteiger partial charge in [0.25, 0.3) is 0 Å². The third-order valence-electron chi connectivity index (χ3n) is 4.91. The molecule has 1 atom stereocenters. The van der Waals surface area contributed by atoms with E-state index in [1.807, 2.05) is 0 Å². The number of hydrogen-bond acceptors (Lipinski definition) is 3.